The van der Waals surface area contributed by atoms with E-state index >= 15 is 0 Å². The molecule has 18 heavy (non-hydrogen) atoms. The quantitative estimate of drug-likeness (QED) is 0.889. The fourth-order valence-electron chi connectivity index (χ4n) is 2.33. The normalized spacial score (nSPS) is 16.2. The van der Waals surface area contributed by atoms with Gasteiger partial charge in [0.1, 0.15) is 12.4 Å². The van der Waals surface area contributed by atoms with E-state index in [9.17, 15) is 0 Å². The molecule has 1 aromatic carbocycles. The van der Waals surface area contributed by atoms with Crippen LogP contribution in [0.5, 0.6) is 5.75 Å². The molecule has 0 radical (unpaired) electrons. The minimum absolute atomic E-state index is 0.566. The number of rotatable bonds is 4. The second-order valence-electron chi connectivity index (χ2n) is 5.29. The van der Waals surface area contributed by atoms with Gasteiger partial charge in [0.2, 0.25) is 0 Å². The first-order chi connectivity index (χ1) is 8.70. The fraction of sp³-hybridized carbons (Fsp3) is 0.600. The molecule has 2 rings (SSSR count). The lowest BCUT2D eigenvalue weighted by molar-refractivity contribution is 0.225. The lowest BCUT2D eigenvalue weighted by Gasteiger charge is -2.19. The Balaban J connectivity index is 2.14. The van der Waals surface area contributed by atoms with Crippen LogP contribution >= 0.6 is 0 Å². The number of hydrogen-bond donors (Lipinski definition) is 1. The van der Waals surface area contributed by atoms with Crippen molar-refractivity contribution < 1.29 is 4.74 Å². The van der Waals surface area contributed by atoms with E-state index in [0.29, 0.717) is 5.92 Å². The number of nitrogens with two attached hydrogens (primary N) is 1. The smallest absolute Gasteiger partial charge is 0.123 e. The molecule has 1 aliphatic heterocycles. The average molecular weight is 248 g/mol. The maximum absolute atomic E-state index is 5.82. The van der Waals surface area contributed by atoms with E-state index in [0.717, 1.165) is 45.0 Å². The minimum atomic E-state index is 0.566. The van der Waals surface area contributed by atoms with Crippen LogP contribution in [0.4, 0.5) is 0 Å². The SMILES string of the molecule is CC(C)c1ccc2c(c1)CN(CCCN)CCO2. The van der Waals surface area contributed by atoms with Crippen LogP contribution in [0, 0.1) is 0 Å². The minimum Gasteiger partial charge on any atom is -0.492 e. The molecule has 0 bridgehead atoms. The molecular weight excluding hydrogens is 224 g/mol. The molecular formula is C15H24N2O. The van der Waals surface area contributed by atoms with E-state index < -0.39 is 0 Å². The van der Waals surface area contributed by atoms with Crippen LogP contribution < -0.4 is 10.5 Å². The summed E-state index contributed by atoms with van der Waals surface area (Å²) in [7, 11) is 0. The molecule has 3 heteroatoms. The van der Waals surface area contributed by atoms with Crippen LogP contribution in [0.15, 0.2) is 18.2 Å². The van der Waals surface area contributed by atoms with E-state index in [1.165, 1.54) is 11.1 Å². The maximum Gasteiger partial charge on any atom is 0.123 e. The number of benzene rings is 1. The second kappa shape index (κ2) is 6.21. The van der Waals surface area contributed by atoms with Gasteiger partial charge in [-0.25, -0.2) is 0 Å². The Morgan fingerprint density at radius 2 is 2.22 bits per heavy atom. The second-order valence-corrected chi connectivity index (χ2v) is 5.29. The Morgan fingerprint density at radius 3 is 2.94 bits per heavy atom. The van der Waals surface area contributed by atoms with Gasteiger partial charge in [-0.2, -0.15) is 0 Å². The number of hydrogen-bond acceptors (Lipinski definition) is 3. The van der Waals surface area contributed by atoms with Crippen molar-refractivity contribution in [3.05, 3.63) is 29.3 Å². The van der Waals surface area contributed by atoms with Gasteiger partial charge in [-0.1, -0.05) is 26.0 Å². The van der Waals surface area contributed by atoms with E-state index in [-0.39, 0.29) is 0 Å². The van der Waals surface area contributed by atoms with Crippen LogP contribution in [0.1, 0.15) is 37.3 Å². The van der Waals surface area contributed by atoms with Gasteiger partial charge in [0.15, 0.2) is 0 Å². The van der Waals surface area contributed by atoms with Gasteiger partial charge in [0, 0.05) is 18.7 Å². The van der Waals surface area contributed by atoms with Crippen LogP contribution in [-0.2, 0) is 6.54 Å². The average Bonchev–Trinajstić information content (AvgIpc) is 2.56. The van der Waals surface area contributed by atoms with Gasteiger partial charge in [-0.3, -0.25) is 4.90 Å². The third-order valence-corrected chi connectivity index (χ3v) is 3.49. The topological polar surface area (TPSA) is 38.5 Å². The fourth-order valence-corrected chi connectivity index (χ4v) is 2.33. The molecule has 0 spiro atoms. The molecule has 100 valence electrons. The molecule has 0 aromatic heterocycles. The molecule has 0 amide bonds. The van der Waals surface area contributed by atoms with Crippen molar-refractivity contribution in [1.29, 1.82) is 0 Å². The summed E-state index contributed by atoms with van der Waals surface area (Å²) in [6, 6.07) is 6.59. The molecule has 3 nitrogen and oxygen atoms in total. The molecule has 0 aliphatic carbocycles. The lowest BCUT2D eigenvalue weighted by Crippen LogP contribution is -2.28. The van der Waals surface area contributed by atoms with Crippen molar-refractivity contribution in [3.8, 4) is 5.75 Å². The first-order valence-corrected chi connectivity index (χ1v) is 6.88. The van der Waals surface area contributed by atoms with Crippen LogP contribution in [-0.4, -0.2) is 31.1 Å². The zero-order valence-electron chi connectivity index (χ0n) is 11.5. The Morgan fingerprint density at radius 1 is 1.39 bits per heavy atom. The van der Waals surface area contributed by atoms with Gasteiger partial charge in [0.05, 0.1) is 0 Å². The van der Waals surface area contributed by atoms with Crippen LogP contribution in [0.25, 0.3) is 0 Å². The molecule has 1 aliphatic rings. The Hall–Kier alpha value is -1.06. The van der Waals surface area contributed by atoms with Crippen molar-refractivity contribution in [1.82, 2.24) is 4.90 Å². The number of fused-ring (bicyclic) bond motifs is 1. The zero-order chi connectivity index (χ0) is 13.0. The molecule has 2 N–H and O–H groups in total. The summed E-state index contributed by atoms with van der Waals surface area (Å²) >= 11 is 0. The molecule has 0 saturated heterocycles. The highest BCUT2D eigenvalue weighted by atomic mass is 16.5. The first kappa shape index (κ1) is 13.4. The van der Waals surface area contributed by atoms with Crippen molar-refractivity contribution >= 4 is 0 Å². The van der Waals surface area contributed by atoms with Gasteiger partial charge in [0.25, 0.3) is 0 Å². The predicted molar refractivity (Wildman–Crippen MR) is 75.0 cm³/mol. The van der Waals surface area contributed by atoms with Crippen LogP contribution in [0.2, 0.25) is 0 Å². The lowest BCUT2D eigenvalue weighted by atomic mass is 10.00. The van der Waals surface area contributed by atoms with Gasteiger partial charge < -0.3 is 10.5 Å². The predicted octanol–water partition coefficient (Wildman–Crippen LogP) is 2.35. The maximum atomic E-state index is 5.82. The first-order valence-electron chi connectivity index (χ1n) is 6.88. The van der Waals surface area contributed by atoms with E-state index in [1.807, 2.05) is 0 Å². The largest absolute Gasteiger partial charge is 0.492 e. The van der Waals surface area contributed by atoms with Crippen molar-refractivity contribution in [2.45, 2.75) is 32.7 Å². The monoisotopic (exact) mass is 248 g/mol. The summed E-state index contributed by atoms with van der Waals surface area (Å²) in [5.74, 6) is 1.62. The van der Waals surface area contributed by atoms with Crippen molar-refractivity contribution in [3.63, 3.8) is 0 Å². The highest BCUT2D eigenvalue weighted by Crippen LogP contribution is 2.27. The third-order valence-electron chi connectivity index (χ3n) is 3.49. The molecule has 0 atom stereocenters. The summed E-state index contributed by atoms with van der Waals surface area (Å²) in [6.07, 6.45) is 1.05. The van der Waals surface area contributed by atoms with Crippen molar-refractivity contribution in [2.75, 3.05) is 26.2 Å². The van der Waals surface area contributed by atoms with E-state index in [1.54, 1.807) is 0 Å². The number of ether oxygens (including phenoxy) is 1. The van der Waals surface area contributed by atoms with Gasteiger partial charge in [-0.05, 0) is 37.1 Å². The molecule has 1 heterocycles. The Bertz CT molecular complexity index is 388. The summed E-state index contributed by atoms with van der Waals surface area (Å²) < 4.78 is 5.82. The molecule has 0 saturated carbocycles. The highest BCUT2D eigenvalue weighted by molar-refractivity contribution is 5.38. The summed E-state index contributed by atoms with van der Waals surface area (Å²) in [6.45, 7) is 9.03. The zero-order valence-corrected chi connectivity index (χ0v) is 11.5. The molecule has 0 unspecified atom stereocenters. The standard InChI is InChI=1S/C15H24N2O/c1-12(2)13-4-5-15-14(10-13)11-17(7-3-6-16)8-9-18-15/h4-5,10,12H,3,6-9,11,16H2,1-2H3. The number of nitrogens with zero attached hydrogens (tertiary/aromatic N) is 1. The van der Waals surface area contributed by atoms with Crippen LogP contribution in [0.3, 0.4) is 0 Å². The summed E-state index contributed by atoms with van der Waals surface area (Å²) in [4.78, 5) is 2.43. The third kappa shape index (κ3) is 3.24. The Kier molecular flexibility index (Phi) is 4.61. The Labute approximate surface area is 110 Å². The highest BCUT2D eigenvalue weighted by Gasteiger charge is 2.15. The van der Waals surface area contributed by atoms with E-state index in [4.69, 9.17) is 10.5 Å². The summed E-state index contributed by atoms with van der Waals surface area (Å²) in [5, 5.41) is 0. The van der Waals surface area contributed by atoms with Crippen molar-refractivity contribution in [2.24, 2.45) is 5.73 Å². The van der Waals surface area contributed by atoms with Gasteiger partial charge in [-0.15, -0.1) is 0 Å². The summed E-state index contributed by atoms with van der Waals surface area (Å²) in [5.41, 5.74) is 8.29. The molecule has 0 fully saturated rings. The molecule has 1 aromatic rings. The van der Waals surface area contributed by atoms with Gasteiger partial charge >= 0.3 is 0 Å². The van der Waals surface area contributed by atoms with E-state index in [2.05, 4.69) is 36.9 Å².